The fraction of sp³-hybridized carbons (Fsp3) is 0.417. The molecule has 118 valence electrons. The third-order valence-corrected chi connectivity index (χ3v) is 5.64. The van der Waals surface area contributed by atoms with E-state index in [-0.39, 0.29) is 27.1 Å². The predicted octanol–water partition coefficient (Wildman–Crippen LogP) is 1.89. The number of ether oxygens (including phenoxy) is 1. The molecule has 0 heterocycles. The van der Waals surface area contributed by atoms with Gasteiger partial charge in [-0.3, -0.25) is 4.79 Å². The van der Waals surface area contributed by atoms with E-state index in [2.05, 4.69) is 0 Å². The molecule has 0 bridgehead atoms. The quantitative estimate of drug-likeness (QED) is 0.844. The molecule has 1 rings (SSSR count). The molecule has 6 nitrogen and oxygen atoms in total. The number of halogens is 2. The number of rotatable bonds is 6. The Morgan fingerprint density at radius 2 is 1.95 bits per heavy atom. The first-order valence-corrected chi connectivity index (χ1v) is 8.16. The SMILES string of the molecule is CCC(C(N)=O)N(C)S(=O)(=O)c1cc(Cl)c(OC)cc1Cl. The van der Waals surface area contributed by atoms with Gasteiger partial charge < -0.3 is 10.5 Å². The van der Waals surface area contributed by atoms with E-state index in [0.29, 0.717) is 0 Å². The van der Waals surface area contributed by atoms with Gasteiger partial charge in [0, 0.05) is 13.1 Å². The van der Waals surface area contributed by atoms with Gasteiger partial charge in [-0.05, 0) is 12.5 Å². The first kappa shape index (κ1) is 18.0. The van der Waals surface area contributed by atoms with Gasteiger partial charge in [0.05, 0.1) is 17.2 Å². The highest BCUT2D eigenvalue weighted by molar-refractivity contribution is 7.89. The molecule has 0 saturated heterocycles. The zero-order chi connectivity index (χ0) is 16.4. The lowest BCUT2D eigenvalue weighted by molar-refractivity contribution is -0.121. The van der Waals surface area contributed by atoms with Crippen LogP contribution in [0.2, 0.25) is 10.0 Å². The Morgan fingerprint density at radius 3 is 2.38 bits per heavy atom. The summed E-state index contributed by atoms with van der Waals surface area (Å²) in [5, 5.41) is 0.0448. The standard InChI is InChI=1S/C12H16Cl2N2O4S/c1-4-9(12(15)17)16(2)21(18,19)11-6-7(13)10(20-3)5-8(11)14/h5-6,9H,4H2,1-3H3,(H2,15,17). The number of amides is 1. The summed E-state index contributed by atoms with van der Waals surface area (Å²) < 4.78 is 30.9. The van der Waals surface area contributed by atoms with Gasteiger partial charge in [0.25, 0.3) is 0 Å². The molecule has 1 unspecified atom stereocenters. The number of benzene rings is 1. The van der Waals surface area contributed by atoms with E-state index in [1.807, 2.05) is 0 Å². The molecule has 1 aromatic carbocycles. The van der Waals surface area contributed by atoms with Gasteiger partial charge in [0.2, 0.25) is 15.9 Å². The highest BCUT2D eigenvalue weighted by Gasteiger charge is 2.32. The van der Waals surface area contributed by atoms with E-state index in [1.165, 1.54) is 26.3 Å². The summed E-state index contributed by atoms with van der Waals surface area (Å²) in [5.41, 5.74) is 5.21. The van der Waals surface area contributed by atoms with Crippen LogP contribution in [0.25, 0.3) is 0 Å². The van der Waals surface area contributed by atoms with Crippen LogP contribution in [-0.2, 0) is 14.8 Å². The third kappa shape index (κ3) is 3.60. The molecule has 1 atom stereocenters. The first-order chi connectivity index (χ1) is 9.66. The molecule has 0 spiro atoms. The van der Waals surface area contributed by atoms with Crippen LogP contribution in [0.4, 0.5) is 0 Å². The molecule has 9 heteroatoms. The second kappa shape index (κ2) is 6.83. The third-order valence-electron chi connectivity index (χ3n) is 3.02. The van der Waals surface area contributed by atoms with Crippen LogP contribution >= 0.6 is 23.2 Å². The number of sulfonamides is 1. The summed E-state index contributed by atoms with van der Waals surface area (Å²) in [6.45, 7) is 1.66. The Labute approximate surface area is 133 Å². The molecule has 0 saturated carbocycles. The van der Waals surface area contributed by atoms with Crippen molar-refractivity contribution in [3.05, 3.63) is 22.2 Å². The van der Waals surface area contributed by atoms with Gasteiger partial charge in [-0.25, -0.2) is 8.42 Å². The molecule has 0 aliphatic carbocycles. The number of methoxy groups -OCH3 is 1. The lowest BCUT2D eigenvalue weighted by Crippen LogP contribution is -2.45. The van der Waals surface area contributed by atoms with E-state index >= 15 is 0 Å². The summed E-state index contributed by atoms with van der Waals surface area (Å²) in [4.78, 5) is 11.1. The van der Waals surface area contributed by atoms with Crippen molar-refractivity contribution in [1.82, 2.24) is 4.31 Å². The second-order valence-corrected chi connectivity index (χ2v) is 7.05. The maximum Gasteiger partial charge on any atom is 0.245 e. The number of nitrogens with two attached hydrogens (primary N) is 1. The van der Waals surface area contributed by atoms with Gasteiger partial charge in [0.15, 0.2) is 0 Å². The van der Waals surface area contributed by atoms with Crippen molar-refractivity contribution in [2.75, 3.05) is 14.2 Å². The van der Waals surface area contributed by atoms with Crippen LogP contribution in [-0.4, -0.2) is 38.8 Å². The van der Waals surface area contributed by atoms with Gasteiger partial charge >= 0.3 is 0 Å². The van der Waals surface area contributed by atoms with E-state index in [9.17, 15) is 13.2 Å². The zero-order valence-electron chi connectivity index (χ0n) is 11.8. The van der Waals surface area contributed by atoms with Crippen LogP contribution in [0.15, 0.2) is 17.0 Å². The lowest BCUT2D eigenvalue weighted by atomic mass is 10.2. The Bertz CT molecular complexity index is 649. The zero-order valence-corrected chi connectivity index (χ0v) is 14.1. The van der Waals surface area contributed by atoms with Crippen LogP contribution in [0.5, 0.6) is 5.75 Å². The minimum Gasteiger partial charge on any atom is -0.495 e. The number of carbonyl (C=O) groups excluding carboxylic acids is 1. The summed E-state index contributed by atoms with van der Waals surface area (Å²) in [6.07, 6.45) is 0.243. The van der Waals surface area contributed by atoms with E-state index in [4.69, 9.17) is 33.7 Å². The van der Waals surface area contributed by atoms with Crippen LogP contribution < -0.4 is 10.5 Å². The molecule has 0 fully saturated rings. The Kier molecular flexibility index (Phi) is 5.86. The fourth-order valence-corrected chi connectivity index (χ4v) is 4.05. The minimum absolute atomic E-state index is 0.0533. The van der Waals surface area contributed by atoms with Crippen molar-refractivity contribution < 1.29 is 17.9 Å². The van der Waals surface area contributed by atoms with E-state index in [0.717, 1.165) is 4.31 Å². The molecular formula is C12H16Cl2N2O4S. The van der Waals surface area contributed by atoms with Crippen LogP contribution in [0.1, 0.15) is 13.3 Å². The molecule has 21 heavy (non-hydrogen) atoms. The smallest absolute Gasteiger partial charge is 0.245 e. The van der Waals surface area contributed by atoms with Crippen molar-refractivity contribution in [3.8, 4) is 5.75 Å². The molecular weight excluding hydrogens is 339 g/mol. The van der Waals surface area contributed by atoms with E-state index < -0.39 is 22.0 Å². The van der Waals surface area contributed by atoms with Crippen molar-refractivity contribution >= 4 is 39.1 Å². The lowest BCUT2D eigenvalue weighted by Gasteiger charge is -2.24. The molecule has 2 N–H and O–H groups in total. The highest BCUT2D eigenvalue weighted by atomic mass is 35.5. The fourth-order valence-electron chi connectivity index (χ4n) is 1.82. The van der Waals surface area contributed by atoms with Gasteiger partial charge in [0.1, 0.15) is 16.7 Å². The van der Waals surface area contributed by atoms with Crippen molar-refractivity contribution in [1.29, 1.82) is 0 Å². The van der Waals surface area contributed by atoms with E-state index in [1.54, 1.807) is 6.92 Å². The minimum atomic E-state index is -4.01. The Hall–Kier alpha value is -1.02. The highest BCUT2D eigenvalue weighted by Crippen LogP contribution is 2.34. The number of likely N-dealkylation sites (N-methyl/N-ethyl adjacent to an activating group) is 1. The van der Waals surface area contributed by atoms with Crippen LogP contribution in [0.3, 0.4) is 0 Å². The summed E-state index contributed by atoms with van der Waals surface area (Å²) in [7, 11) is -1.36. The number of primary amides is 1. The van der Waals surface area contributed by atoms with Crippen molar-refractivity contribution in [3.63, 3.8) is 0 Å². The topological polar surface area (TPSA) is 89.7 Å². The molecule has 0 aliphatic rings. The Morgan fingerprint density at radius 1 is 1.38 bits per heavy atom. The molecule has 0 aromatic heterocycles. The van der Waals surface area contributed by atoms with Crippen molar-refractivity contribution in [2.24, 2.45) is 5.73 Å². The normalized spacial score (nSPS) is 13.2. The van der Waals surface area contributed by atoms with Gasteiger partial charge in [-0.2, -0.15) is 4.31 Å². The molecule has 0 aliphatic heterocycles. The molecule has 0 radical (unpaired) electrons. The van der Waals surface area contributed by atoms with Gasteiger partial charge in [-0.15, -0.1) is 0 Å². The first-order valence-electron chi connectivity index (χ1n) is 5.97. The second-order valence-electron chi connectivity index (χ2n) is 4.26. The van der Waals surface area contributed by atoms with Crippen molar-refractivity contribution in [2.45, 2.75) is 24.3 Å². The maximum absolute atomic E-state index is 12.5. The largest absolute Gasteiger partial charge is 0.495 e. The van der Waals surface area contributed by atoms with Crippen LogP contribution in [0, 0.1) is 0 Å². The number of hydrogen-bond acceptors (Lipinski definition) is 4. The average Bonchev–Trinajstić information content (AvgIpc) is 2.40. The number of nitrogens with zero attached hydrogens (tertiary/aromatic N) is 1. The van der Waals surface area contributed by atoms with Gasteiger partial charge in [-0.1, -0.05) is 30.1 Å². The average molecular weight is 355 g/mol. The summed E-state index contributed by atoms with van der Waals surface area (Å²) in [5.74, 6) is -0.482. The monoisotopic (exact) mass is 354 g/mol. The number of hydrogen-bond donors (Lipinski definition) is 1. The summed E-state index contributed by atoms with van der Waals surface area (Å²) in [6, 6.07) is 1.52. The summed E-state index contributed by atoms with van der Waals surface area (Å²) >= 11 is 11.9. The predicted molar refractivity (Wildman–Crippen MR) is 81.2 cm³/mol. The number of carbonyl (C=O) groups is 1. The molecule has 1 amide bonds. The Balaban J connectivity index is 3.37. The molecule has 1 aromatic rings. The maximum atomic E-state index is 12.5.